The number of thiocarbonyl (C=S) groups is 1. The average Bonchev–Trinajstić information content (AvgIpc) is 2.39. The van der Waals surface area contributed by atoms with Crippen LogP contribution >= 0.6 is 28.1 Å². The molecule has 0 radical (unpaired) electrons. The molecule has 5 heteroatoms. The van der Waals surface area contributed by atoms with E-state index in [1.54, 1.807) is 30.3 Å². The van der Waals surface area contributed by atoms with Crippen molar-refractivity contribution in [3.63, 3.8) is 0 Å². The zero-order valence-corrected chi connectivity index (χ0v) is 12.3. The normalized spacial score (nSPS) is 9.95. The van der Waals surface area contributed by atoms with Crippen molar-refractivity contribution in [1.82, 2.24) is 0 Å². The Labute approximate surface area is 124 Å². The molecule has 2 aromatic carbocycles. The summed E-state index contributed by atoms with van der Waals surface area (Å²) < 4.78 is 0.929. The zero-order valence-electron chi connectivity index (χ0n) is 9.89. The van der Waals surface area contributed by atoms with Crippen LogP contribution in [0.3, 0.4) is 0 Å². The maximum atomic E-state index is 12.4. The zero-order chi connectivity index (χ0) is 13.8. The summed E-state index contributed by atoms with van der Waals surface area (Å²) in [4.78, 5) is 12.4. The molecule has 96 valence electrons. The van der Waals surface area contributed by atoms with E-state index in [-0.39, 0.29) is 10.9 Å². The standard InChI is InChI=1S/C14H11BrN2OS/c15-10-7-5-9(6-8-10)13(18)11-3-1-2-4-12(11)17-14(16)19/h1-8H,(H3,16,17,19). The van der Waals surface area contributed by atoms with Crippen molar-refractivity contribution in [3.8, 4) is 0 Å². The van der Waals surface area contributed by atoms with Crippen LogP contribution in [0.5, 0.6) is 0 Å². The van der Waals surface area contributed by atoms with Gasteiger partial charge >= 0.3 is 0 Å². The van der Waals surface area contributed by atoms with Crippen LogP contribution in [-0.2, 0) is 0 Å². The second kappa shape index (κ2) is 5.95. The van der Waals surface area contributed by atoms with E-state index in [0.717, 1.165) is 4.47 Å². The van der Waals surface area contributed by atoms with Crippen molar-refractivity contribution in [2.24, 2.45) is 5.73 Å². The van der Waals surface area contributed by atoms with E-state index in [2.05, 4.69) is 21.2 Å². The van der Waals surface area contributed by atoms with Crippen molar-refractivity contribution < 1.29 is 4.79 Å². The smallest absolute Gasteiger partial charge is 0.195 e. The summed E-state index contributed by atoms with van der Waals surface area (Å²) in [7, 11) is 0. The van der Waals surface area contributed by atoms with Crippen LogP contribution in [0.1, 0.15) is 15.9 Å². The fourth-order valence-electron chi connectivity index (χ4n) is 1.68. The number of para-hydroxylation sites is 1. The van der Waals surface area contributed by atoms with Crippen molar-refractivity contribution in [2.75, 3.05) is 5.32 Å². The molecule has 0 amide bonds. The summed E-state index contributed by atoms with van der Waals surface area (Å²) in [6.07, 6.45) is 0. The summed E-state index contributed by atoms with van der Waals surface area (Å²) >= 11 is 8.15. The number of ketones is 1. The molecule has 2 aromatic rings. The molecule has 0 heterocycles. The summed E-state index contributed by atoms with van der Waals surface area (Å²) in [5.41, 5.74) is 7.22. The van der Waals surface area contributed by atoms with Gasteiger partial charge in [0.1, 0.15) is 0 Å². The van der Waals surface area contributed by atoms with Gasteiger partial charge in [-0.2, -0.15) is 0 Å². The van der Waals surface area contributed by atoms with E-state index in [1.165, 1.54) is 0 Å². The Morgan fingerprint density at radius 3 is 2.37 bits per heavy atom. The van der Waals surface area contributed by atoms with Gasteiger partial charge in [-0.1, -0.05) is 28.1 Å². The highest BCUT2D eigenvalue weighted by Crippen LogP contribution is 2.20. The summed E-state index contributed by atoms with van der Waals surface area (Å²) in [5, 5.41) is 2.95. The molecule has 3 nitrogen and oxygen atoms in total. The van der Waals surface area contributed by atoms with Gasteiger partial charge in [0.25, 0.3) is 0 Å². The fraction of sp³-hybridized carbons (Fsp3) is 0. The molecule has 3 N–H and O–H groups in total. The minimum Gasteiger partial charge on any atom is -0.376 e. The van der Waals surface area contributed by atoms with E-state index in [9.17, 15) is 4.79 Å². The predicted molar refractivity (Wildman–Crippen MR) is 84.4 cm³/mol. The van der Waals surface area contributed by atoms with Crippen LogP contribution < -0.4 is 11.1 Å². The number of carbonyl (C=O) groups excluding carboxylic acids is 1. The average molecular weight is 335 g/mol. The highest BCUT2D eigenvalue weighted by atomic mass is 79.9. The van der Waals surface area contributed by atoms with Gasteiger partial charge in [0, 0.05) is 15.6 Å². The largest absolute Gasteiger partial charge is 0.376 e. The maximum Gasteiger partial charge on any atom is 0.195 e. The van der Waals surface area contributed by atoms with E-state index >= 15 is 0 Å². The van der Waals surface area contributed by atoms with Crippen molar-refractivity contribution in [2.45, 2.75) is 0 Å². The fourth-order valence-corrected chi connectivity index (χ4v) is 2.05. The third-order valence-corrected chi connectivity index (χ3v) is 3.17. The highest BCUT2D eigenvalue weighted by Gasteiger charge is 2.13. The Bertz CT molecular complexity index is 626. The molecule has 0 saturated heterocycles. The molecule has 0 aromatic heterocycles. The summed E-state index contributed by atoms with van der Waals surface area (Å²) in [6.45, 7) is 0. The molecule has 0 aliphatic heterocycles. The van der Waals surface area contributed by atoms with Gasteiger partial charge in [0.2, 0.25) is 0 Å². The second-order valence-electron chi connectivity index (χ2n) is 3.87. The molecule has 0 spiro atoms. The first-order chi connectivity index (χ1) is 9.08. The minimum atomic E-state index is -0.0770. The van der Waals surface area contributed by atoms with Gasteiger partial charge < -0.3 is 11.1 Å². The van der Waals surface area contributed by atoms with Crippen LogP contribution in [-0.4, -0.2) is 10.9 Å². The molecule has 0 fully saturated rings. The molecule has 2 rings (SSSR count). The van der Waals surface area contributed by atoms with Crippen molar-refractivity contribution in [3.05, 3.63) is 64.1 Å². The third-order valence-electron chi connectivity index (χ3n) is 2.54. The number of benzene rings is 2. The summed E-state index contributed by atoms with van der Waals surface area (Å²) in [5.74, 6) is -0.0770. The molecule has 0 bridgehead atoms. The van der Waals surface area contributed by atoms with Gasteiger partial charge in [-0.05, 0) is 48.6 Å². The van der Waals surface area contributed by atoms with Crippen molar-refractivity contribution >= 4 is 44.7 Å². The number of halogens is 1. The first kappa shape index (κ1) is 13.7. The number of anilines is 1. The van der Waals surface area contributed by atoms with Crippen LogP contribution in [0, 0.1) is 0 Å². The Hall–Kier alpha value is -1.72. The van der Waals surface area contributed by atoms with Crippen molar-refractivity contribution in [1.29, 1.82) is 0 Å². The lowest BCUT2D eigenvalue weighted by molar-refractivity contribution is 0.103. The highest BCUT2D eigenvalue weighted by molar-refractivity contribution is 9.10. The number of hydrogen-bond donors (Lipinski definition) is 2. The topological polar surface area (TPSA) is 55.1 Å². The van der Waals surface area contributed by atoms with Crippen LogP contribution in [0.2, 0.25) is 0 Å². The van der Waals surface area contributed by atoms with Gasteiger partial charge in [-0.25, -0.2) is 0 Å². The monoisotopic (exact) mass is 334 g/mol. The van der Waals surface area contributed by atoms with Crippen LogP contribution in [0.25, 0.3) is 0 Å². The lowest BCUT2D eigenvalue weighted by Gasteiger charge is -2.09. The first-order valence-electron chi connectivity index (χ1n) is 5.53. The molecule has 0 aliphatic rings. The van der Waals surface area contributed by atoms with E-state index in [4.69, 9.17) is 18.0 Å². The van der Waals surface area contributed by atoms with Gasteiger partial charge in [0.15, 0.2) is 10.9 Å². The lowest BCUT2D eigenvalue weighted by atomic mass is 10.0. The minimum absolute atomic E-state index is 0.0770. The Morgan fingerprint density at radius 2 is 1.74 bits per heavy atom. The Balaban J connectivity index is 2.38. The second-order valence-corrected chi connectivity index (χ2v) is 5.23. The molecular formula is C14H11BrN2OS. The predicted octanol–water partition coefficient (Wildman–Crippen LogP) is 3.34. The molecule has 0 aliphatic carbocycles. The van der Waals surface area contributed by atoms with Gasteiger partial charge in [-0.3, -0.25) is 4.79 Å². The number of hydrogen-bond acceptors (Lipinski definition) is 2. The van der Waals surface area contributed by atoms with E-state index < -0.39 is 0 Å². The van der Waals surface area contributed by atoms with E-state index in [0.29, 0.717) is 16.8 Å². The van der Waals surface area contributed by atoms with Crippen LogP contribution in [0.4, 0.5) is 5.69 Å². The number of nitrogens with two attached hydrogens (primary N) is 1. The molecule has 0 unspecified atom stereocenters. The number of carbonyl (C=O) groups is 1. The SMILES string of the molecule is NC(=S)Nc1ccccc1C(=O)c1ccc(Br)cc1. The Kier molecular flexibility index (Phi) is 4.29. The first-order valence-corrected chi connectivity index (χ1v) is 6.74. The number of nitrogens with one attached hydrogen (secondary N) is 1. The maximum absolute atomic E-state index is 12.4. The van der Waals surface area contributed by atoms with Gasteiger partial charge in [-0.15, -0.1) is 0 Å². The quantitative estimate of drug-likeness (QED) is 0.667. The summed E-state index contributed by atoms with van der Waals surface area (Å²) in [6, 6.07) is 14.3. The lowest BCUT2D eigenvalue weighted by Crippen LogP contribution is -2.20. The molecule has 19 heavy (non-hydrogen) atoms. The third kappa shape index (κ3) is 3.39. The number of rotatable bonds is 3. The molecule has 0 saturated carbocycles. The van der Waals surface area contributed by atoms with Gasteiger partial charge in [0.05, 0.1) is 5.69 Å². The molecule has 0 atom stereocenters. The van der Waals surface area contributed by atoms with E-state index in [1.807, 2.05) is 18.2 Å². The Morgan fingerprint density at radius 1 is 1.11 bits per heavy atom. The molecular weight excluding hydrogens is 324 g/mol. The van der Waals surface area contributed by atoms with Crippen LogP contribution in [0.15, 0.2) is 53.0 Å².